The average molecular weight is 316 g/mol. The summed E-state index contributed by atoms with van der Waals surface area (Å²) < 4.78 is 19.0. The van der Waals surface area contributed by atoms with E-state index >= 15 is 0 Å². The molecule has 4 N–H and O–H groups in total. The van der Waals surface area contributed by atoms with Crippen molar-refractivity contribution >= 4 is 23.4 Å². The molecule has 0 aromatic carbocycles. The molecule has 0 aliphatic heterocycles. The Morgan fingerprint density at radius 3 is 2.48 bits per heavy atom. The van der Waals surface area contributed by atoms with Gasteiger partial charge in [-0.1, -0.05) is 32.4 Å². The van der Waals surface area contributed by atoms with Gasteiger partial charge in [0.25, 0.3) is 0 Å². The number of halogens is 2. The SMILES string of the molecule is CC(C)(C)C(OC(N)=O)(c1nc(Cl)c(F)cc1N)C1CC1. The lowest BCUT2D eigenvalue weighted by Crippen LogP contribution is -2.48. The first-order valence-corrected chi connectivity index (χ1v) is 7.08. The molecular formula is C14H19ClFN3O2. The highest BCUT2D eigenvalue weighted by Crippen LogP contribution is 2.58. The highest BCUT2D eigenvalue weighted by Gasteiger charge is 2.59. The molecule has 0 bridgehead atoms. The van der Waals surface area contributed by atoms with Crippen LogP contribution < -0.4 is 11.5 Å². The largest absolute Gasteiger partial charge is 0.436 e. The van der Waals surface area contributed by atoms with E-state index in [1.807, 2.05) is 20.8 Å². The van der Waals surface area contributed by atoms with Crippen molar-refractivity contribution in [3.05, 3.63) is 22.7 Å². The van der Waals surface area contributed by atoms with Crippen LogP contribution in [0.25, 0.3) is 0 Å². The highest BCUT2D eigenvalue weighted by molar-refractivity contribution is 6.29. The van der Waals surface area contributed by atoms with E-state index in [9.17, 15) is 9.18 Å². The number of carbonyl (C=O) groups excluding carboxylic acids is 1. The number of hydrogen-bond acceptors (Lipinski definition) is 4. The fourth-order valence-electron chi connectivity index (χ4n) is 2.87. The summed E-state index contributed by atoms with van der Waals surface area (Å²) in [6, 6.07) is 1.10. The highest BCUT2D eigenvalue weighted by atomic mass is 35.5. The van der Waals surface area contributed by atoms with Crippen molar-refractivity contribution in [1.82, 2.24) is 4.98 Å². The second-order valence-electron chi connectivity index (χ2n) is 6.38. The van der Waals surface area contributed by atoms with Crippen molar-refractivity contribution in [3.63, 3.8) is 0 Å². The van der Waals surface area contributed by atoms with Crippen LogP contribution in [0.2, 0.25) is 5.15 Å². The van der Waals surface area contributed by atoms with Gasteiger partial charge in [0.2, 0.25) is 0 Å². The molecule has 1 aromatic rings. The maximum atomic E-state index is 13.5. The lowest BCUT2D eigenvalue weighted by molar-refractivity contribution is -0.0914. The topological polar surface area (TPSA) is 91.2 Å². The second kappa shape index (κ2) is 5.02. The summed E-state index contributed by atoms with van der Waals surface area (Å²) in [6.07, 6.45) is 0.778. The molecule has 1 heterocycles. The molecule has 5 nitrogen and oxygen atoms in total. The van der Waals surface area contributed by atoms with E-state index < -0.39 is 22.9 Å². The van der Waals surface area contributed by atoms with Gasteiger partial charge in [-0.05, 0) is 12.8 Å². The van der Waals surface area contributed by atoms with Crippen LogP contribution in [-0.4, -0.2) is 11.1 Å². The number of nitrogens with two attached hydrogens (primary N) is 2. The normalized spacial score (nSPS) is 18.1. The molecule has 21 heavy (non-hydrogen) atoms. The molecular weight excluding hydrogens is 297 g/mol. The van der Waals surface area contributed by atoms with Crippen LogP contribution in [0.1, 0.15) is 39.3 Å². The summed E-state index contributed by atoms with van der Waals surface area (Å²) in [6.45, 7) is 5.69. The lowest BCUT2D eigenvalue weighted by atomic mass is 9.70. The predicted molar refractivity (Wildman–Crippen MR) is 78.1 cm³/mol. The first-order valence-electron chi connectivity index (χ1n) is 6.70. The maximum absolute atomic E-state index is 13.5. The first kappa shape index (κ1) is 15.8. The lowest BCUT2D eigenvalue weighted by Gasteiger charge is -2.44. The standard InChI is InChI=1S/C14H19ClFN3O2/c1-13(2,3)14(7-4-5-7,21-12(18)20)10-9(17)6-8(16)11(15)19-10/h6-7H,4-5,17H2,1-3H3,(H2,18,20). The van der Waals surface area contributed by atoms with Crippen LogP contribution in [0.15, 0.2) is 6.07 Å². The third-order valence-corrected chi connectivity index (χ3v) is 4.11. The van der Waals surface area contributed by atoms with Gasteiger partial charge in [0, 0.05) is 17.4 Å². The van der Waals surface area contributed by atoms with Crippen LogP contribution in [0.5, 0.6) is 0 Å². The Bertz CT molecular complexity index is 584. The number of ether oxygens (including phenoxy) is 1. The molecule has 0 radical (unpaired) electrons. The third-order valence-electron chi connectivity index (χ3n) is 3.84. The van der Waals surface area contributed by atoms with Crippen LogP contribution in [0, 0.1) is 17.2 Å². The summed E-state index contributed by atoms with van der Waals surface area (Å²) in [5.74, 6) is -0.683. The van der Waals surface area contributed by atoms with Gasteiger partial charge < -0.3 is 16.2 Å². The fraction of sp³-hybridized carbons (Fsp3) is 0.571. The Balaban J connectivity index is 2.70. The van der Waals surface area contributed by atoms with Crippen molar-refractivity contribution in [2.24, 2.45) is 17.1 Å². The molecule has 116 valence electrons. The average Bonchev–Trinajstić information content (AvgIpc) is 3.13. The van der Waals surface area contributed by atoms with Crippen molar-refractivity contribution in [2.75, 3.05) is 5.73 Å². The zero-order valence-electron chi connectivity index (χ0n) is 12.2. The molecule has 1 amide bonds. The van der Waals surface area contributed by atoms with Crippen molar-refractivity contribution < 1.29 is 13.9 Å². The Morgan fingerprint density at radius 2 is 2.05 bits per heavy atom. The number of hydrogen-bond donors (Lipinski definition) is 2. The zero-order valence-corrected chi connectivity index (χ0v) is 13.0. The van der Waals surface area contributed by atoms with Gasteiger partial charge in [0.1, 0.15) is 5.69 Å². The van der Waals surface area contributed by atoms with E-state index in [0.717, 1.165) is 18.9 Å². The van der Waals surface area contributed by atoms with Gasteiger partial charge in [-0.2, -0.15) is 0 Å². The van der Waals surface area contributed by atoms with Gasteiger partial charge in [0.15, 0.2) is 16.6 Å². The first-order chi connectivity index (χ1) is 9.59. The summed E-state index contributed by atoms with van der Waals surface area (Å²) >= 11 is 5.79. The molecule has 1 unspecified atom stereocenters. The molecule has 1 fully saturated rings. The molecule has 1 aliphatic carbocycles. The quantitative estimate of drug-likeness (QED) is 0.838. The van der Waals surface area contributed by atoms with E-state index in [0.29, 0.717) is 0 Å². The molecule has 7 heteroatoms. The van der Waals surface area contributed by atoms with Gasteiger partial charge in [0.05, 0.1) is 5.69 Å². The summed E-state index contributed by atoms with van der Waals surface area (Å²) in [5, 5.41) is -0.304. The smallest absolute Gasteiger partial charge is 0.405 e. The summed E-state index contributed by atoms with van der Waals surface area (Å²) in [5.41, 5.74) is 9.88. The number of amides is 1. The maximum Gasteiger partial charge on any atom is 0.405 e. The monoisotopic (exact) mass is 315 g/mol. The van der Waals surface area contributed by atoms with Crippen LogP contribution in [0.3, 0.4) is 0 Å². The van der Waals surface area contributed by atoms with Crippen LogP contribution >= 0.6 is 11.6 Å². The predicted octanol–water partition coefficient (Wildman–Crippen LogP) is 3.20. The van der Waals surface area contributed by atoms with E-state index in [1.54, 1.807) is 0 Å². The minimum atomic E-state index is -1.12. The van der Waals surface area contributed by atoms with Gasteiger partial charge in [-0.15, -0.1) is 0 Å². The van der Waals surface area contributed by atoms with E-state index in [1.165, 1.54) is 0 Å². The number of rotatable bonds is 3. The molecule has 0 spiro atoms. The molecule has 1 aliphatic rings. The molecule has 1 atom stereocenters. The number of nitrogen functional groups attached to an aromatic ring is 1. The van der Waals surface area contributed by atoms with Gasteiger partial charge in [-0.25, -0.2) is 14.2 Å². The van der Waals surface area contributed by atoms with Crippen LogP contribution in [-0.2, 0) is 10.3 Å². The van der Waals surface area contributed by atoms with Crippen molar-refractivity contribution in [1.29, 1.82) is 0 Å². The van der Waals surface area contributed by atoms with Crippen LogP contribution in [0.4, 0.5) is 14.9 Å². The van der Waals surface area contributed by atoms with Crippen molar-refractivity contribution in [2.45, 2.75) is 39.2 Å². The summed E-state index contributed by atoms with van der Waals surface area (Å²) in [7, 11) is 0. The van der Waals surface area contributed by atoms with Gasteiger partial charge >= 0.3 is 6.09 Å². The Labute approximate surface area is 127 Å². The number of aromatic nitrogens is 1. The molecule has 2 rings (SSSR count). The Hall–Kier alpha value is -1.56. The zero-order chi connectivity index (χ0) is 16.0. The number of nitrogens with zero attached hydrogens (tertiary/aromatic N) is 1. The summed E-state index contributed by atoms with van der Waals surface area (Å²) in [4.78, 5) is 15.5. The minimum absolute atomic E-state index is 0.0290. The number of anilines is 1. The number of pyridine rings is 1. The van der Waals surface area contributed by atoms with E-state index in [4.69, 9.17) is 27.8 Å². The third kappa shape index (κ3) is 2.64. The fourth-order valence-corrected chi connectivity index (χ4v) is 3.01. The van der Waals surface area contributed by atoms with Gasteiger partial charge in [-0.3, -0.25) is 0 Å². The minimum Gasteiger partial charge on any atom is -0.436 e. The Kier molecular flexibility index (Phi) is 3.78. The Morgan fingerprint density at radius 1 is 1.48 bits per heavy atom. The van der Waals surface area contributed by atoms with E-state index in [2.05, 4.69) is 4.98 Å². The van der Waals surface area contributed by atoms with Crippen molar-refractivity contribution in [3.8, 4) is 0 Å². The number of primary amides is 1. The number of carbonyl (C=O) groups is 1. The molecule has 1 aromatic heterocycles. The molecule has 0 saturated heterocycles. The second-order valence-corrected chi connectivity index (χ2v) is 6.74. The van der Waals surface area contributed by atoms with E-state index in [-0.39, 0.29) is 22.5 Å². The molecule has 1 saturated carbocycles.